The number of benzene rings is 1. The van der Waals surface area contributed by atoms with E-state index in [-0.39, 0.29) is 11.8 Å². The van der Waals surface area contributed by atoms with Gasteiger partial charge in [-0.1, -0.05) is 12.8 Å². The SMILES string of the molecule is COc1cc(C)c(CN(C)C(=O)C2CCCCC2(C)N)cc1OC. The number of aryl methyl sites for hydroxylation is 1. The van der Waals surface area contributed by atoms with Crippen molar-refractivity contribution < 1.29 is 14.3 Å². The molecule has 1 fully saturated rings. The van der Waals surface area contributed by atoms with Crippen LogP contribution in [-0.4, -0.2) is 37.6 Å². The molecule has 1 aromatic rings. The molecule has 1 saturated carbocycles. The Bertz CT molecular complexity index is 599. The van der Waals surface area contributed by atoms with Gasteiger partial charge >= 0.3 is 0 Å². The average molecular weight is 334 g/mol. The number of hydrogen-bond acceptors (Lipinski definition) is 4. The molecule has 0 saturated heterocycles. The maximum atomic E-state index is 12.9. The number of rotatable bonds is 5. The van der Waals surface area contributed by atoms with E-state index in [1.807, 2.05) is 33.0 Å². The Morgan fingerprint density at radius 2 is 1.92 bits per heavy atom. The first-order valence-corrected chi connectivity index (χ1v) is 8.55. The van der Waals surface area contributed by atoms with Crippen molar-refractivity contribution in [3.8, 4) is 11.5 Å². The van der Waals surface area contributed by atoms with Gasteiger partial charge in [-0.3, -0.25) is 4.79 Å². The van der Waals surface area contributed by atoms with Crippen molar-refractivity contribution in [1.29, 1.82) is 0 Å². The summed E-state index contributed by atoms with van der Waals surface area (Å²) in [4.78, 5) is 14.7. The van der Waals surface area contributed by atoms with E-state index in [0.717, 1.165) is 36.8 Å². The number of ether oxygens (including phenoxy) is 2. The zero-order valence-electron chi connectivity index (χ0n) is 15.5. The van der Waals surface area contributed by atoms with Crippen LogP contribution in [0.2, 0.25) is 0 Å². The minimum atomic E-state index is -0.407. The number of carbonyl (C=O) groups excluding carboxylic acids is 1. The molecule has 1 aliphatic rings. The van der Waals surface area contributed by atoms with Crippen molar-refractivity contribution in [3.05, 3.63) is 23.3 Å². The van der Waals surface area contributed by atoms with Gasteiger partial charge in [-0.2, -0.15) is 0 Å². The summed E-state index contributed by atoms with van der Waals surface area (Å²) in [6.07, 6.45) is 3.97. The van der Waals surface area contributed by atoms with Crippen LogP contribution in [0.4, 0.5) is 0 Å². The molecule has 2 atom stereocenters. The maximum Gasteiger partial charge on any atom is 0.227 e. The first-order valence-electron chi connectivity index (χ1n) is 8.55. The molecule has 1 aromatic carbocycles. The van der Waals surface area contributed by atoms with Crippen LogP contribution in [0.5, 0.6) is 11.5 Å². The molecule has 0 heterocycles. The Morgan fingerprint density at radius 1 is 1.29 bits per heavy atom. The number of amides is 1. The molecular formula is C19H30N2O3. The van der Waals surface area contributed by atoms with Gasteiger partial charge in [0.05, 0.1) is 20.1 Å². The third-order valence-electron chi connectivity index (χ3n) is 5.18. The standard InChI is InChI=1S/C19H30N2O3/c1-13-10-16(23-4)17(24-5)11-14(13)12-21(3)18(22)15-8-6-7-9-19(15,2)20/h10-11,15H,6-9,12,20H2,1-5H3. The van der Waals surface area contributed by atoms with Crippen molar-refractivity contribution in [1.82, 2.24) is 4.90 Å². The van der Waals surface area contributed by atoms with Crippen molar-refractivity contribution in [2.75, 3.05) is 21.3 Å². The summed E-state index contributed by atoms with van der Waals surface area (Å²) >= 11 is 0. The molecule has 2 rings (SSSR count). The van der Waals surface area contributed by atoms with Crippen molar-refractivity contribution in [2.24, 2.45) is 11.7 Å². The summed E-state index contributed by atoms with van der Waals surface area (Å²) < 4.78 is 10.7. The lowest BCUT2D eigenvalue weighted by atomic mass is 9.74. The minimum absolute atomic E-state index is 0.100. The molecule has 134 valence electrons. The van der Waals surface area contributed by atoms with Crippen LogP contribution >= 0.6 is 0 Å². The lowest BCUT2D eigenvalue weighted by Gasteiger charge is -2.39. The highest BCUT2D eigenvalue weighted by Gasteiger charge is 2.39. The quantitative estimate of drug-likeness (QED) is 0.899. The zero-order valence-corrected chi connectivity index (χ0v) is 15.5. The second-order valence-electron chi connectivity index (χ2n) is 7.13. The fraction of sp³-hybridized carbons (Fsp3) is 0.632. The lowest BCUT2D eigenvalue weighted by molar-refractivity contribution is -0.138. The second kappa shape index (κ2) is 7.43. The molecule has 24 heavy (non-hydrogen) atoms. The first kappa shape index (κ1) is 18.6. The summed E-state index contributed by atoms with van der Waals surface area (Å²) in [5, 5.41) is 0. The number of nitrogens with two attached hydrogens (primary N) is 1. The zero-order chi connectivity index (χ0) is 17.9. The summed E-state index contributed by atoms with van der Waals surface area (Å²) in [7, 11) is 5.09. The number of methoxy groups -OCH3 is 2. The van der Waals surface area contributed by atoms with Crippen molar-refractivity contribution >= 4 is 5.91 Å². The fourth-order valence-electron chi connectivity index (χ4n) is 3.56. The van der Waals surface area contributed by atoms with Gasteiger partial charge in [0, 0.05) is 19.1 Å². The topological polar surface area (TPSA) is 64.8 Å². The van der Waals surface area contributed by atoms with Gasteiger partial charge in [-0.15, -0.1) is 0 Å². The van der Waals surface area contributed by atoms with E-state index in [1.54, 1.807) is 19.1 Å². The number of hydrogen-bond donors (Lipinski definition) is 1. The smallest absolute Gasteiger partial charge is 0.227 e. The normalized spacial score (nSPS) is 23.7. The van der Waals surface area contributed by atoms with Crippen LogP contribution < -0.4 is 15.2 Å². The molecule has 0 aliphatic heterocycles. The highest BCUT2D eigenvalue weighted by Crippen LogP contribution is 2.34. The molecule has 2 unspecified atom stereocenters. The molecule has 1 amide bonds. The van der Waals surface area contributed by atoms with Crippen LogP contribution in [-0.2, 0) is 11.3 Å². The summed E-state index contributed by atoms with van der Waals surface area (Å²) in [5.74, 6) is 1.42. The van der Waals surface area contributed by atoms with Crippen LogP contribution in [0, 0.1) is 12.8 Å². The van der Waals surface area contributed by atoms with E-state index in [0.29, 0.717) is 18.0 Å². The van der Waals surface area contributed by atoms with Crippen LogP contribution in [0.1, 0.15) is 43.7 Å². The van der Waals surface area contributed by atoms with Gasteiger partial charge in [-0.05, 0) is 49.9 Å². The van der Waals surface area contributed by atoms with E-state index in [2.05, 4.69) is 0 Å². The molecule has 5 nitrogen and oxygen atoms in total. The Kier molecular flexibility index (Phi) is 5.75. The molecule has 2 N–H and O–H groups in total. The molecule has 0 bridgehead atoms. The van der Waals surface area contributed by atoms with Crippen LogP contribution in [0.3, 0.4) is 0 Å². The van der Waals surface area contributed by atoms with Gasteiger partial charge in [0.25, 0.3) is 0 Å². The first-order chi connectivity index (χ1) is 11.3. The van der Waals surface area contributed by atoms with E-state index >= 15 is 0 Å². The highest BCUT2D eigenvalue weighted by molar-refractivity contribution is 5.80. The summed E-state index contributed by atoms with van der Waals surface area (Å²) in [5.41, 5.74) is 8.11. The average Bonchev–Trinajstić information content (AvgIpc) is 2.55. The third-order valence-corrected chi connectivity index (χ3v) is 5.18. The Morgan fingerprint density at radius 3 is 2.50 bits per heavy atom. The van der Waals surface area contributed by atoms with Crippen molar-refractivity contribution in [3.63, 3.8) is 0 Å². The van der Waals surface area contributed by atoms with E-state index in [1.165, 1.54) is 0 Å². The summed E-state index contributed by atoms with van der Waals surface area (Å²) in [6, 6.07) is 3.89. The third kappa shape index (κ3) is 3.83. The van der Waals surface area contributed by atoms with Gasteiger partial charge in [0.15, 0.2) is 11.5 Å². The van der Waals surface area contributed by atoms with E-state index in [4.69, 9.17) is 15.2 Å². The highest BCUT2D eigenvalue weighted by atomic mass is 16.5. The fourth-order valence-corrected chi connectivity index (χ4v) is 3.56. The molecule has 0 spiro atoms. The predicted octanol–water partition coefficient (Wildman–Crippen LogP) is 2.88. The van der Waals surface area contributed by atoms with Gasteiger partial charge in [-0.25, -0.2) is 0 Å². The van der Waals surface area contributed by atoms with Gasteiger partial charge in [0.2, 0.25) is 5.91 Å². The maximum absolute atomic E-state index is 12.9. The molecule has 0 aromatic heterocycles. The van der Waals surface area contributed by atoms with Gasteiger partial charge in [0.1, 0.15) is 0 Å². The molecule has 5 heteroatoms. The minimum Gasteiger partial charge on any atom is -0.493 e. The summed E-state index contributed by atoms with van der Waals surface area (Å²) in [6.45, 7) is 4.56. The molecular weight excluding hydrogens is 304 g/mol. The Balaban J connectivity index is 2.17. The van der Waals surface area contributed by atoms with E-state index in [9.17, 15) is 4.79 Å². The monoisotopic (exact) mass is 334 g/mol. The molecule has 0 radical (unpaired) electrons. The Labute approximate surface area is 145 Å². The van der Waals surface area contributed by atoms with Crippen LogP contribution in [0.15, 0.2) is 12.1 Å². The number of nitrogens with zero attached hydrogens (tertiary/aromatic N) is 1. The van der Waals surface area contributed by atoms with E-state index < -0.39 is 5.54 Å². The Hall–Kier alpha value is -1.75. The van der Waals surface area contributed by atoms with Crippen LogP contribution in [0.25, 0.3) is 0 Å². The number of carbonyl (C=O) groups is 1. The predicted molar refractivity (Wildman–Crippen MR) is 95.3 cm³/mol. The largest absolute Gasteiger partial charge is 0.493 e. The van der Waals surface area contributed by atoms with Gasteiger partial charge < -0.3 is 20.1 Å². The molecule has 1 aliphatic carbocycles. The lowest BCUT2D eigenvalue weighted by Crippen LogP contribution is -2.53. The van der Waals surface area contributed by atoms with Crippen molar-refractivity contribution in [2.45, 2.75) is 51.6 Å². The second-order valence-corrected chi connectivity index (χ2v) is 7.13.